The summed E-state index contributed by atoms with van der Waals surface area (Å²) in [6.07, 6.45) is 0.0261. The fourth-order valence-electron chi connectivity index (χ4n) is 2.32. The summed E-state index contributed by atoms with van der Waals surface area (Å²) in [5.41, 5.74) is 2.05. The lowest BCUT2D eigenvalue weighted by Crippen LogP contribution is -2.33. The molecule has 0 aliphatic rings. The average Bonchev–Trinajstić information content (AvgIpc) is 2.39. The summed E-state index contributed by atoms with van der Waals surface area (Å²) in [6.45, 7) is 14.3. The van der Waals surface area contributed by atoms with Gasteiger partial charge in [0.2, 0.25) is 0 Å². The van der Waals surface area contributed by atoms with Gasteiger partial charge in [0.25, 0.3) is 0 Å². The largest absolute Gasteiger partial charge is 0.459 e. The van der Waals surface area contributed by atoms with Crippen LogP contribution in [0.2, 0.25) is 0 Å². The van der Waals surface area contributed by atoms with Gasteiger partial charge in [-0.3, -0.25) is 0 Å². The van der Waals surface area contributed by atoms with Crippen LogP contribution in [-0.2, 0) is 14.3 Å². The molecular formula is C19H26O4. The Labute approximate surface area is 138 Å². The lowest BCUT2D eigenvalue weighted by atomic mass is 10.0. The van der Waals surface area contributed by atoms with E-state index >= 15 is 0 Å². The zero-order chi connectivity index (χ0) is 17.8. The molecule has 1 rings (SSSR count). The highest BCUT2D eigenvalue weighted by molar-refractivity contribution is 5.91. The van der Waals surface area contributed by atoms with Gasteiger partial charge in [-0.1, -0.05) is 24.3 Å². The van der Waals surface area contributed by atoms with E-state index in [0.29, 0.717) is 17.6 Å². The van der Waals surface area contributed by atoms with E-state index < -0.39 is 11.6 Å². The number of rotatable bonds is 6. The molecule has 0 saturated heterocycles. The Balaban J connectivity index is 2.70. The summed E-state index contributed by atoms with van der Waals surface area (Å²) in [5.74, 6) is -0.802. The van der Waals surface area contributed by atoms with E-state index in [0.717, 1.165) is 11.1 Å². The minimum atomic E-state index is -0.739. The molecule has 4 heteroatoms. The predicted molar refractivity (Wildman–Crippen MR) is 90.4 cm³/mol. The van der Waals surface area contributed by atoms with E-state index in [-0.39, 0.29) is 12.1 Å². The van der Waals surface area contributed by atoms with E-state index in [4.69, 9.17) is 9.47 Å². The molecule has 0 saturated carbocycles. The first-order chi connectivity index (χ1) is 10.5. The highest BCUT2D eigenvalue weighted by Gasteiger charge is 2.28. The number of hydrogen-bond acceptors (Lipinski definition) is 4. The van der Waals surface area contributed by atoms with E-state index in [1.54, 1.807) is 27.7 Å². The van der Waals surface area contributed by atoms with Gasteiger partial charge in [-0.15, -0.1) is 0 Å². The molecule has 0 amide bonds. The van der Waals surface area contributed by atoms with Crippen LogP contribution in [0.5, 0.6) is 0 Å². The number of hydrogen-bond donors (Lipinski definition) is 0. The molecule has 0 aliphatic carbocycles. The average molecular weight is 318 g/mol. The van der Waals surface area contributed by atoms with Crippen molar-refractivity contribution in [2.75, 3.05) is 0 Å². The molecule has 1 aromatic rings. The first-order valence-corrected chi connectivity index (χ1v) is 7.69. The molecule has 0 aromatic heterocycles. The molecule has 0 heterocycles. The highest BCUT2D eigenvalue weighted by atomic mass is 16.6. The second-order valence-corrected chi connectivity index (χ2v) is 6.67. The molecular weight excluding hydrogens is 292 g/mol. The normalized spacial score (nSPS) is 12.4. The fourth-order valence-corrected chi connectivity index (χ4v) is 2.32. The second-order valence-electron chi connectivity index (χ2n) is 6.67. The summed E-state index contributed by atoms with van der Waals surface area (Å²) in [5, 5.41) is 0. The van der Waals surface area contributed by atoms with Crippen molar-refractivity contribution in [3.05, 3.63) is 47.0 Å². The van der Waals surface area contributed by atoms with E-state index in [1.807, 2.05) is 32.0 Å². The topological polar surface area (TPSA) is 52.6 Å². The molecule has 23 heavy (non-hydrogen) atoms. The quantitative estimate of drug-likeness (QED) is 0.584. The van der Waals surface area contributed by atoms with Gasteiger partial charge >= 0.3 is 11.9 Å². The van der Waals surface area contributed by atoms with E-state index in [2.05, 4.69) is 6.58 Å². The number of esters is 2. The zero-order valence-electron chi connectivity index (χ0n) is 14.9. The fraction of sp³-hybridized carbons (Fsp3) is 0.474. The van der Waals surface area contributed by atoms with Gasteiger partial charge in [-0.2, -0.15) is 0 Å². The molecule has 0 N–H and O–H groups in total. The van der Waals surface area contributed by atoms with E-state index in [1.165, 1.54) is 0 Å². The van der Waals surface area contributed by atoms with Crippen LogP contribution in [0.25, 0.3) is 0 Å². The van der Waals surface area contributed by atoms with Crippen molar-refractivity contribution in [3.63, 3.8) is 0 Å². The van der Waals surface area contributed by atoms with Gasteiger partial charge in [-0.05, 0) is 53.2 Å². The summed E-state index contributed by atoms with van der Waals surface area (Å²) in [7, 11) is 0. The van der Waals surface area contributed by atoms with Crippen LogP contribution in [0.1, 0.15) is 55.6 Å². The van der Waals surface area contributed by atoms with Crippen molar-refractivity contribution in [2.24, 2.45) is 0 Å². The molecule has 4 nitrogen and oxygen atoms in total. The number of carbonyl (C=O) groups is 2. The van der Waals surface area contributed by atoms with Crippen LogP contribution in [0.15, 0.2) is 30.4 Å². The van der Waals surface area contributed by atoms with Gasteiger partial charge in [-0.25, -0.2) is 9.59 Å². The Hall–Kier alpha value is -2.10. The smallest absolute Gasteiger partial charge is 0.338 e. The summed E-state index contributed by atoms with van der Waals surface area (Å²) < 4.78 is 10.9. The molecule has 0 aliphatic heterocycles. The monoisotopic (exact) mass is 318 g/mol. The van der Waals surface area contributed by atoms with Crippen LogP contribution >= 0.6 is 0 Å². The third kappa shape index (κ3) is 5.89. The van der Waals surface area contributed by atoms with Crippen LogP contribution in [0, 0.1) is 13.8 Å². The van der Waals surface area contributed by atoms with Crippen molar-refractivity contribution < 1.29 is 19.1 Å². The molecule has 126 valence electrons. The van der Waals surface area contributed by atoms with Gasteiger partial charge < -0.3 is 9.47 Å². The SMILES string of the molecule is C=C(C)C(=O)OC(C)(C)CC(C)OC(=O)c1cc(C)ccc1C. The predicted octanol–water partition coefficient (Wildman–Crippen LogP) is 4.14. The second kappa shape index (κ2) is 7.44. The Bertz CT molecular complexity index is 614. The summed E-state index contributed by atoms with van der Waals surface area (Å²) >= 11 is 0. The van der Waals surface area contributed by atoms with Gasteiger partial charge in [0.1, 0.15) is 11.7 Å². The van der Waals surface area contributed by atoms with Crippen LogP contribution in [0.4, 0.5) is 0 Å². The minimum absolute atomic E-state index is 0.345. The summed E-state index contributed by atoms with van der Waals surface area (Å²) in [4.78, 5) is 23.9. The first-order valence-electron chi connectivity index (χ1n) is 7.69. The van der Waals surface area contributed by atoms with Crippen molar-refractivity contribution in [3.8, 4) is 0 Å². The van der Waals surface area contributed by atoms with Crippen LogP contribution in [0.3, 0.4) is 0 Å². The Kier molecular flexibility index (Phi) is 6.13. The van der Waals surface area contributed by atoms with Crippen molar-refractivity contribution in [2.45, 2.75) is 59.7 Å². The number of carbonyl (C=O) groups excluding carboxylic acids is 2. The Morgan fingerprint density at radius 2 is 1.87 bits per heavy atom. The third-order valence-electron chi connectivity index (χ3n) is 3.42. The third-order valence-corrected chi connectivity index (χ3v) is 3.42. The maximum atomic E-state index is 12.3. The molecule has 0 fully saturated rings. The molecule has 1 atom stereocenters. The molecule has 0 radical (unpaired) electrons. The minimum Gasteiger partial charge on any atom is -0.459 e. The maximum Gasteiger partial charge on any atom is 0.338 e. The lowest BCUT2D eigenvalue weighted by Gasteiger charge is -2.28. The van der Waals surface area contributed by atoms with Crippen LogP contribution < -0.4 is 0 Å². The Morgan fingerprint density at radius 3 is 2.43 bits per heavy atom. The van der Waals surface area contributed by atoms with Crippen molar-refractivity contribution >= 4 is 11.9 Å². The number of ether oxygens (including phenoxy) is 2. The molecule has 0 spiro atoms. The highest BCUT2D eigenvalue weighted by Crippen LogP contribution is 2.21. The zero-order valence-corrected chi connectivity index (χ0v) is 14.9. The number of aryl methyl sites for hydroxylation is 2. The van der Waals surface area contributed by atoms with E-state index in [9.17, 15) is 9.59 Å². The molecule has 1 aromatic carbocycles. The van der Waals surface area contributed by atoms with Gasteiger partial charge in [0, 0.05) is 12.0 Å². The van der Waals surface area contributed by atoms with Crippen LogP contribution in [-0.4, -0.2) is 23.6 Å². The molecule has 1 unspecified atom stereocenters. The maximum absolute atomic E-state index is 12.3. The Morgan fingerprint density at radius 1 is 1.26 bits per heavy atom. The van der Waals surface area contributed by atoms with Crippen molar-refractivity contribution in [1.82, 2.24) is 0 Å². The summed E-state index contributed by atoms with van der Waals surface area (Å²) in [6, 6.07) is 5.67. The standard InChI is InChI=1S/C19H26O4/c1-12(2)17(20)23-19(6,7)11-15(5)22-18(21)16-10-13(3)8-9-14(16)4/h8-10,15H,1,11H2,2-7H3. The number of benzene rings is 1. The van der Waals surface area contributed by atoms with Gasteiger partial charge in [0.15, 0.2) is 0 Å². The molecule has 0 bridgehead atoms. The first kappa shape index (κ1) is 18.9. The van der Waals surface area contributed by atoms with Crippen molar-refractivity contribution in [1.29, 1.82) is 0 Å². The van der Waals surface area contributed by atoms with Gasteiger partial charge in [0.05, 0.1) is 5.56 Å². The lowest BCUT2D eigenvalue weighted by molar-refractivity contribution is -0.153.